The monoisotopic (exact) mass is 558 g/mol. The van der Waals surface area contributed by atoms with Crippen LogP contribution in [0.4, 0.5) is 11.5 Å². The fraction of sp³-hybridized carbons (Fsp3) is 0.0714. The first-order valence-electron chi connectivity index (χ1n) is 11.8. The first-order valence-corrected chi connectivity index (χ1v) is 14.1. The molecule has 0 aliphatic heterocycles. The third-order valence-corrected chi connectivity index (χ3v) is 8.10. The molecule has 11 heteroatoms. The molecule has 1 atom stereocenters. The van der Waals surface area contributed by atoms with Gasteiger partial charge in [-0.1, -0.05) is 36.4 Å². The van der Waals surface area contributed by atoms with E-state index in [1.165, 1.54) is 54.8 Å². The molecule has 0 saturated carbocycles. The van der Waals surface area contributed by atoms with Crippen molar-refractivity contribution in [1.29, 1.82) is 0 Å². The van der Waals surface area contributed by atoms with E-state index in [9.17, 15) is 18.0 Å². The molecule has 5 rings (SSSR count). The number of pyridine rings is 1. The number of carbonyl (C=O) groups excluding carboxylic acids is 2. The Bertz CT molecular complexity index is 1720. The molecule has 0 spiro atoms. The topological polar surface area (TPSA) is 127 Å². The highest BCUT2D eigenvalue weighted by Gasteiger charge is 2.23. The van der Waals surface area contributed by atoms with Crippen LogP contribution >= 0.6 is 11.3 Å². The Labute approximate surface area is 228 Å². The smallest absolute Gasteiger partial charge is 0.339 e. The summed E-state index contributed by atoms with van der Waals surface area (Å²) in [6, 6.07) is 25.1. The molecule has 2 N–H and O–H groups in total. The van der Waals surface area contributed by atoms with Crippen molar-refractivity contribution in [2.45, 2.75) is 17.9 Å². The quantitative estimate of drug-likeness (QED) is 0.246. The Balaban J connectivity index is 1.24. The van der Waals surface area contributed by atoms with Crippen LogP contribution in [0.3, 0.4) is 0 Å². The number of fused-ring (bicyclic) bond motifs is 1. The number of benzene rings is 3. The molecule has 2 aromatic heterocycles. The highest BCUT2D eigenvalue weighted by Crippen LogP contribution is 2.32. The largest absolute Gasteiger partial charge is 0.449 e. The number of nitrogens with zero attached hydrogens (tertiary/aromatic N) is 2. The number of hydrogen-bond donors (Lipinski definition) is 2. The lowest BCUT2D eigenvalue weighted by Gasteiger charge is -2.15. The number of rotatable bonds is 8. The van der Waals surface area contributed by atoms with Gasteiger partial charge in [-0.25, -0.2) is 23.2 Å². The number of amides is 1. The normalized spacial score (nSPS) is 12.0. The molecule has 0 saturated heterocycles. The van der Waals surface area contributed by atoms with Crippen LogP contribution in [0.25, 0.3) is 20.8 Å². The van der Waals surface area contributed by atoms with E-state index >= 15 is 0 Å². The second-order valence-electron chi connectivity index (χ2n) is 8.41. The predicted molar refractivity (Wildman–Crippen MR) is 150 cm³/mol. The molecule has 39 heavy (non-hydrogen) atoms. The summed E-state index contributed by atoms with van der Waals surface area (Å²) in [4.78, 5) is 34.3. The summed E-state index contributed by atoms with van der Waals surface area (Å²) < 4.78 is 34.0. The Hall–Kier alpha value is -4.61. The van der Waals surface area contributed by atoms with Crippen molar-refractivity contribution >= 4 is 55.0 Å². The third-order valence-electron chi connectivity index (χ3n) is 5.66. The first-order chi connectivity index (χ1) is 18.8. The van der Waals surface area contributed by atoms with E-state index in [4.69, 9.17) is 4.74 Å². The number of sulfonamides is 1. The number of thiazole rings is 1. The van der Waals surface area contributed by atoms with Gasteiger partial charge in [0.05, 0.1) is 20.7 Å². The van der Waals surface area contributed by atoms with Gasteiger partial charge in [0.1, 0.15) is 10.8 Å². The van der Waals surface area contributed by atoms with Crippen LogP contribution in [0.5, 0.6) is 0 Å². The molecule has 9 nitrogen and oxygen atoms in total. The molecule has 0 fully saturated rings. The molecule has 5 aromatic rings. The summed E-state index contributed by atoms with van der Waals surface area (Å²) in [5, 5.41) is 3.31. The maximum atomic E-state index is 13.0. The van der Waals surface area contributed by atoms with Gasteiger partial charge in [-0.15, -0.1) is 11.3 Å². The molecule has 1 amide bonds. The minimum Gasteiger partial charge on any atom is -0.449 e. The van der Waals surface area contributed by atoms with Gasteiger partial charge in [0.2, 0.25) is 0 Å². The third kappa shape index (κ3) is 5.95. The molecular weight excluding hydrogens is 536 g/mol. The standard InChI is InChI=1S/C28H22N4O5S2/c1-18(26(33)30-19-13-15-20(16-14-19)39(35,36)32-25-12-6-7-17-29-25)37-28(34)22-9-3-2-8-21(22)27-31-23-10-4-5-11-24(23)38-27/h2-18H,1H3,(H,29,32)(H,30,33). The summed E-state index contributed by atoms with van der Waals surface area (Å²) in [5.74, 6) is -1.03. The SMILES string of the molecule is CC(OC(=O)c1ccccc1-c1nc2ccccc2s1)C(=O)Nc1ccc(S(=O)(=O)Nc2ccccn2)cc1. The van der Waals surface area contributed by atoms with Crippen molar-refractivity contribution < 1.29 is 22.7 Å². The summed E-state index contributed by atoms with van der Waals surface area (Å²) in [6.45, 7) is 1.46. The summed E-state index contributed by atoms with van der Waals surface area (Å²) in [6.07, 6.45) is 0.361. The number of nitrogens with one attached hydrogen (secondary N) is 2. The number of aromatic nitrogens is 2. The first kappa shape index (κ1) is 26.0. The number of carbonyl (C=O) groups is 2. The van der Waals surface area contributed by atoms with Crippen molar-refractivity contribution in [1.82, 2.24) is 9.97 Å². The van der Waals surface area contributed by atoms with Crippen LogP contribution in [0.1, 0.15) is 17.3 Å². The van der Waals surface area contributed by atoms with Crippen LogP contribution < -0.4 is 10.0 Å². The lowest BCUT2D eigenvalue weighted by Crippen LogP contribution is -2.30. The van der Waals surface area contributed by atoms with E-state index in [1.807, 2.05) is 30.3 Å². The van der Waals surface area contributed by atoms with Crippen LogP contribution in [0.2, 0.25) is 0 Å². The maximum Gasteiger partial charge on any atom is 0.339 e. The van der Waals surface area contributed by atoms with Crippen LogP contribution in [-0.2, 0) is 19.6 Å². The van der Waals surface area contributed by atoms with Crippen LogP contribution in [0.15, 0.2) is 102 Å². The fourth-order valence-electron chi connectivity index (χ4n) is 3.69. The molecule has 0 aliphatic carbocycles. The molecule has 3 aromatic carbocycles. The van der Waals surface area contributed by atoms with Crippen molar-refractivity contribution in [2.24, 2.45) is 0 Å². The Morgan fingerprint density at radius 1 is 0.897 bits per heavy atom. The Morgan fingerprint density at radius 3 is 2.36 bits per heavy atom. The molecular formula is C28H22N4O5S2. The van der Waals surface area contributed by atoms with Gasteiger partial charge in [-0.05, 0) is 61.5 Å². The number of hydrogen-bond acceptors (Lipinski definition) is 8. The second kappa shape index (κ2) is 11.0. The van der Waals surface area contributed by atoms with Gasteiger partial charge < -0.3 is 10.1 Å². The van der Waals surface area contributed by atoms with E-state index in [0.29, 0.717) is 21.8 Å². The van der Waals surface area contributed by atoms with Gasteiger partial charge in [-0.3, -0.25) is 9.52 Å². The van der Waals surface area contributed by atoms with Gasteiger partial charge >= 0.3 is 5.97 Å². The van der Waals surface area contributed by atoms with E-state index in [1.54, 1.807) is 30.3 Å². The van der Waals surface area contributed by atoms with E-state index in [2.05, 4.69) is 20.0 Å². The minimum absolute atomic E-state index is 0.00270. The number of para-hydroxylation sites is 1. The zero-order valence-corrected chi connectivity index (χ0v) is 22.2. The zero-order chi connectivity index (χ0) is 27.4. The number of esters is 1. The van der Waals surface area contributed by atoms with Crippen LogP contribution in [-0.4, -0.2) is 36.4 Å². The molecule has 2 heterocycles. The molecule has 0 radical (unpaired) electrons. The van der Waals surface area contributed by atoms with Gasteiger partial charge in [0.25, 0.3) is 15.9 Å². The molecule has 0 bridgehead atoms. The van der Waals surface area contributed by atoms with Crippen molar-refractivity contribution in [3.8, 4) is 10.6 Å². The Kier molecular flexibility index (Phi) is 7.35. The lowest BCUT2D eigenvalue weighted by atomic mass is 10.1. The van der Waals surface area contributed by atoms with Gasteiger partial charge in [0.15, 0.2) is 6.10 Å². The lowest BCUT2D eigenvalue weighted by molar-refractivity contribution is -0.123. The van der Waals surface area contributed by atoms with Gasteiger partial charge in [-0.2, -0.15) is 0 Å². The van der Waals surface area contributed by atoms with Crippen LogP contribution in [0, 0.1) is 0 Å². The van der Waals surface area contributed by atoms with Crippen molar-refractivity contribution in [3.05, 3.63) is 103 Å². The number of ether oxygens (including phenoxy) is 1. The average molecular weight is 559 g/mol. The van der Waals surface area contributed by atoms with E-state index in [-0.39, 0.29) is 10.7 Å². The van der Waals surface area contributed by atoms with Crippen molar-refractivity contribution in [3.63, 3.8) is 0 Å². The van der Waals surface area contributed by atoms with Crippen molar-refractivity contribution in [2.75, 3.05) is 10.0 Å². The van der Waals surface area contributed by atoms with E-state index in [0.717, 1.165) is 10.2 Å². The van der Waals surface area contributed by atoms with E-state index < -0.39 is 28.0 Å². The zero-order valence-electron chi connectivity index (χ0n) is 20.6. The highest BCUT2D eigenvalue weighted by atomic mass is 32.2. The summed E-state index contributed by atoms with van der Waals surface area (Å²) >= 11 is 1.46. The maximum absolute atomic E-state index is 13.0. The predicted octanol–water partition coefficient (Wildman–Crippen LogP) is 5.34. The average Bonchev–Trinajstić information content (AvgIpc) is 3.38. The number of anilines is 2. The second-order valence-corrected chi connectivity index (χ2v) is 11.1. The summed E-state index contributed by atoms with van der Waals surface area (Å²) in [5.41, 5.74) is 2.09. The fourth-order valence-corrected chi connectivity index (χ4v) is 5.71. The Morgan fingerprint density at radius 2 is 1.62 bits per heavy atom. The molecule has 0 aliphatic rings. The van der Waals surface area contributed by atoms with Gasteiger partial charge in [0, 0.05) is 17.4 Å². The molecule has 1 unspecified atom stereocenters. The molecule has 196 valence electrons. The minimum atomic E-state index is -3.86. The highest BCUT2D eigenvalue weighted by molar-refractivity contribution is 7.92. The summed E-state index contributed by atoms with van der Waals surface area (Å²) in [7, 11) is -3.86.